The smallest absolute Gasteiger partial charge is 0.410 e. The first-order chi connectivity index (χ1) is 11.2. The summed E-state index contributed by atoms with van der Waals surface area (Å²) in [5.41, 5.74) is -0.294. The van der Waals surface area contributed by atoms with Crippen LogP contribution in [0.15, 0.2) is 6.20 Å². The quantitative estimate of drug-likeness (QED) is 0.852. The average Bonchev–Trinajstić information content (AvgIpc) is 2.89. The molecule has 1 saturated heterocycles. The highest BCUT2D eigenvalue weighted by Gasteiger charge is 2.45. The molecule has 134 valence electrons. The van der Waals surface area contributed by atoms with Gasteiger partial charge in [-0.15, -0.1) is 0 Å². The van der Waals surface area contributed by atoms with Gasteiger partial charge in [0, 0.05) is 38.9 Å². The number of hydrogen-bond acceptors (Lipinski definition) is 5. The number of likely N-dealkylation sites (tertiary alicyclic amines) is 1. The third-order valence-electron chi connectivity index (χ3n) is 4.61. The Balaban J connectivity index is 1.67. The molecular formula is C17H27N3O4. The molecule has 1 aromatic heterocycles. The summed E-state index contributed by atoms with van der Waals surface area (Å²) in [5.74, 6) is 0.668. The predicted molar refractivity (Wildman–Crippen MR) is 87.9 cm³/mol. The SMILES string of the molecule is CCn1cc2c(n1)C(O)CC1(CCN(C(=O)OC(C)(C)C)CC1)O2. The van der Waals surface area contributed by atoms with Crippen molar-refractivity contribution >= 4 is 6.09 Å². The van der Waals surface area contributed by atoms with Crippen LogP contribution in [0.5, 0.6) is 5.75 Å². The van der Waals surface area contributed by atoms with Crippen LogP contribution < -0.4 is 4.74 Å². The minimum absolute atomic E-state index is 0.284. The summed E-state index contributed by atoms with van der Waals surface area (Å²) in [4.78, 5) is 13.9. The Morgan fingerprint density at radius 1 is 1.46 bits per heavy atom. The molecule has 1 amide bonds. The molecule has 3 heterocycles. The fraction of sp³-hybridized carbons (Fsp3) is 0.765. The van der Waals surface area contributed by atoms with E-state index in [1.54, 1.807) is 9.58 Å². The number of aryl methyl sites for hydroxylation is 1. The van der Waals surface area contributed by atoms with Crippen LogP contribution in [-0.4, -0.2) is 50.2 Å². The third kappa shape index (κ3) is 3.36. The first-order valence-corrected chi connectivity index (χ1v) is 8.64. The molecule has 0 radical (unpaired) electrons. The van der Waals surface area contributed by atoms with Crippen LogP contribution in [0.3, 0.4) is 0 Å². The molecule has 7 heteroatoms. The molecule has 1 N–H and O–H groups in total. The number of piperidine rings is 1. The summed E-state index contributed by atoms with van der Waals surface area (Å²) < 4.78 is 13.4. The van der Waals surface area contributed by atoms with Crippen LogP contribution in [0.1, 0.15) is 58.8 Å². The van der Waals surface area contributed by atoms with E-state index in [2.05, 4.69) is 5.10 Å². The number of nitrogens with zero attached hydrogens (tertiary/aromatic N) is 3. The summed E-state index contributed by atoms with van der Waals surface area (Å²) in [6.45, 7) is 9.47. The molecule has 1 spiro atoms. The lowest BCUT2D eigenvalue weighted by Gasteiger charge is -2.44. The number of amides is 1. The van der Waals surface area contributed by atoms with E-state index in [0.717, 1.165) is 6.54 Å². The zero-order chi connectivity index (χ0) is 17.5. The second-order valence-electron chi connectivity index (χ2n) is 7.71. The molecule has 1 unspecified atom stereocenters. The largest absolute Gasteiger partial charge is 0.483 e. The van der Waals surface area contributed by atoms with E-state index in [-0.39, 0.29) is 6.09 Å². The number of ether oxygens (including phenoxy) is 2. The first kappa shape index (κ1) is 17.1. The van der Waals surface area contributed by atoms with Crippen molar-refractivity contribution in [1.82, 2.24) is 14.7 Å². The Labute approximate surface area is 142 Å². The normalized spacial score (nSPS) is 22.9. The van der Waals surface area contributed by atoms with Crippen molar-refractivity contribution in [3.63, 3.8) is 0 Å². The number of carbonyl (C=O) groups excluding carboxylic acids is 1. The van der Waals surface area contributed by atoms with Crippen molar-refractivity contribution in [2.75, 3.05) is 13.1 Å². The molecule has 1 aromatic rings. The fourth-order valence-corrected chi connectivity index (χ4v) is 3.34. The molecule has 24 heavy (non-hydrogen) atoms. The van der Waals surface area contributed by atoms with Gasteiger partial charge >= 0.3 is 6.09 Å². The minimum Gasteiger partial charge on any atom is -0.483 e. The summed E-state index contributed by atoms with van der Waals surface area (Å²) in [7, 11) is 0. The highest BCUT2D eigenvalue weighted by molar-refractivity contribution is 5.68. The van der Waals surface area contributed by atoms with Crippen LogP contribution in [-0.2, 0) is 11.3 Å². The van der Waals surface area contributed by atoms with Crippen molar-refractivity contribution < 1.29 is 19.4 Å². The Bertz CT molecular complexity index is 612. The molecule has 1 atom stereocenters. The van der Waals surface area contributed by atoms with Crippen molar-refractivity contribution in [1.29, 1.82) is 0 Å². The van der Waals surface area contributed by atoms with Crippen LogP contribution in [0.25, 0.3) is 0 Å². The molecule has 1 fully saturated rings. The van der Waals surface area contributed by atoms with Crippen molar-refractivity contribution in [2.45, 2.75) is 70.8 Å². The highest BCUT2D eigenvalue weighted by Crippen LogP contribution is 2.43. The minimum atomic E-state index is -0.616. The molecule has 7 nitrogen and oxygen atoms in total. The number of aromatic nitrogens is 2. The summed E-state index contributed by atoms with van der Waals surface area (Å²) in [6.07, 6.45) is 2.82. The van der Waals surface area contributed by atoms with Gasteiger partial charge in [0.1, 0.15) is 23.0 Å². The monoisotopic (exact) mass is 337 g/mol. The third-order valence-corrected chi connectivity index (χ3v) is 4.61. The Kier molecular flexibility index (Phi) is 4.23. The van der Waals surface area contributed by atoms with E-state index >= 15 is 0 Å². The van der Waals surface area contributed by atoms with Gasteiger partial charge in [0.15, 0.2) is 5.75 Å². The second kappa shape index (κ2) is 5.95. The summed E-state index contributed by atoms with van der Waals surface area (Å²) in [6, 6.07) is 0. The lowest BCUT2D eigenvalue weighted by molar-refractivity contribution is -0.0576. The van der Waals surface area contributed by atoms with Gasteiger partial charge < -0.3 is 19.5 Å². The van der Waals surface area contributed by atoms with E-state index < -0.39 is 17.3 Å². The van der Waals surface area contributed by atoms with Crippen LogP contribution in [0, 0.1) is 0 Å². The molecule has 0 saturated carbocycles. The Morgan fingerprint density at radius 2 is 2.12 bits per heavy atom. The van der Waals surface area contributed by atoms with Gasteiger partial charge in [-0.2, -0.15) is 5.10 Å². The molecule has 0 bridgehead atoms. The Hall–Kier alpha value is -1.76. The van der Waals surface area contributed by atoms with E-state index in [9.17, 15) is 9.90 Å². The maximum absolute atomic E-state index is 12.2. The lowest BCUT2D eigenvalue weighted by Crippen LogP contribution is -2.52. The van der Waals surface area contributed by atoms with Crippen molar-refractivity contribution in [3.8, 4) is 5.75 Å². The maximum atomic E-state index is 12.2. The van der Waals surface area contributed by atoms with Crippen molar-refractivity contribution in [2.24, 2.45) is 0 Å². The predicted octanol–water partition coefficient (Wildman–Crippen LogP) is 2.49. The van der Waals surface area contributed by atoms with Crippen molar-refractivity contribution in [3.05, 3.63) is 11.9 Å². The van der Waals surface area contributed by atoms with Gasteiger partial charge in [-0.3, -0.25) is 4.68 Å². The number of aliphatic hydroxyl groups excluding tert-OH is 1. The summed E-state index contributed by atoms with van der Waals surface area (Å²) in [5, 5.41) is 14.8. The molecule has 0 aromatic carbocycles. The number of hydrogen-bond donors (Lipinski definition) is 1. The zero-order valence-corrected chi connectivity index (χ0v) is 14.9. The number of fused-ring (bicyclic) bond motifs is 1. The van der Waals surface area contributed by atoms with Crippen LogP contribution in [0.2, 0.25) is 0 Å². The van der Waals surface area contributed by atoms with Gasteiger partial charge in [0.25, 0.3) is 0 Å². The topological polar surface area (TPSA) is 76.8 Å². The molecule has 2 aliphatic heterocycles. The fourth-order valence-electron chi connectivity index (χ4n) is 3.34. The molecule has 3 rings (SSSR count). The van der Waals surface area contributed by atoms with E-state index in [1.807, 2.05) is 33.9 Å². The molecule has 0 aliphatic carbocycles. The lowest BCUT2D eigenvalue weighted by atomic mass is 9.83. The zero-order valence-electron chi connectivity index (χ0n) is 14.9. The van der Waals surface area contributed by atoms with Gasteiger partial charge in [-0.25, -0.2) is 4.79 Å². The van der Waals surface area contributed by atoms with Gasteiger partial charge in [-0.05, 0) is 27.7 Å². The standard InChI is InChI=1S/C17H27N3O4/c1-5-20-11-13-14(18-20)12(21)10-17(23-13)6-8-19(9-7-17)15(22)24-16(2,3)4/h11-12,21H,5-10H2,1-4H3. The Morgan fingerprint density at radius 3 is 2.71 bits per heavy atom. The van der Waals surface area contributed by atoms with Crippen LogP contribution in [0.4, 0.5) is 4.79 Å². The van der Waals surface area contributed by atoms with Gasteiger partial charge in [0.05, 0.1) is 6.20 Å². The van der Waals surface area contributed by atoms with E-state index in [1.165, 1.54) is 0 Å². The van der Waals surface area contributed by atoms with Gasteiger partial charge in [-0.1, -0.05) is 0 Å². The van der Waals surface area contributed by atoms with E-state index in [0.29, 0.717) is 43.8 Å². The molecule has 2 aliphatic rings. The molecular weight excluding hydrogens is 310 g/mol. The number of rotatable bonds is 1. The second-order valence-corrected chi connectivity index (χ2v) is 7.71. The number of carbonyl (C=O) groups is 1. The first-order valence-electron chi connectivity index (χ1n) is 8.64. The maximum Gasteiger partial charge on any atom is 0.410 e. The van der Waals surface area contributed by atoms with E-state index in [4.69, 9.17) is 9.47 Å². The number of aliphatic hydroxyl groups is 1. The summed E-state index contributed by atoms with van der Waals surface area (Å²) >= 11 is 0. The highest BCUT2D eigenvalue weighted by atomic mass is 16.6. The average molecular weight is 337 g/mol. The van der Waals surface area contributed by atoms with Crippen LogP contribution >= 0.6 is 0 Å². The van der Waals surface area contributed by atoms with Gasteiger partial charge in [0.2, 0.25) is 0 Å².